The van der Waals surface area contributed by atoms with Gasteiger partial charge in [0.2, 0.25) is 0 Å². The van der Waals surface area contributed by atoms with E-state index >= 15 is 0 Å². The molecule has 6 heteroatoms. The number of fused-ring (bicyclic) bond motifs is 2. The van der Waals surface area contributed by atoms with E-state index in [0.717, 1.165) is 57.8 Å². The number of hydrogen-bond donors (Lipinski definition) is 2. The summed E-state index contributed by atoms with van der Waals surface area (Å²) >= 11 is 0. The van der Waals surface area contributed by atoms with Gasteiger partial charge in [0.05, 0.1) is 11.2 Å². The monoisotopic (exact) mass is 408 g/mol. The summed E-state index contributed by atoms with van der Waals surface area (Å²) in [7, 11) is 0. The summed E-state index contributed by atoms with van der Waals surface area (Å²) in [6.45, 7) is 4.27. The standard InChI is InChI=1S/C25H24N6/c1-16-7-3-4-8-18(16)17-13-20-23(29-30-24(20)27-15-17)22-14-19-21(28-22)9-10-26-25(19)31-11-5-2-6-12-31/h3-4,7-10,13-15,28H,2,5-6,11-12H2,1H3,(H,27,29,30). The lowest BCUT2D eigenvalue weighted by Gasteiger charge is -2.28. The van der Waals surface area contributed by atoms with Crippen LogP contribution in [0.4, 0.5) is 5.82 Å². The normalized spacial score (nSPS) is 14.5. The van der Waals surface area contributed by atoms with Gasteiger partial charge in [-0.3, -0.25) is 5.10 Å². The van der Waals surface area contributed by atoms with Crippen LogP contribution >= 0.6 is 0 Å². The Hall–Kier alpha value is -3.67. The Bertz CT molecular complexity index is 1390. The highest BCUT2D eigenvalue weighted by Gasteiger charge is 2.18. The fourth-order valence-electron chi connectivity index (χ4n) is 4.68. The van der Waals surface area contributed by atoms with Crippen molar-refractivity contribution in [3.8, 4) is 22.5 Å². The quantitative estimate of drug-likeness (QED) is 0.415. The van der Waals surface area contributed by atoms with Gasteiger partial charge in [-0.25, -0.2) is 9.97 Å². The summed E-state index contributed by atoms with van der Waals surface area (Å²) < 4.78 is 0. The Balaban J connectivity index is 1.47. The zero-order valence-corrected chi connectivity index (χ0v) is 17.5. The van der Waals surface area contributed by atoms with Crippen LogP contribution in [0.25, 0.3) is 44.5 Å². The second-order valence-electron chi connectivity index (χ2n) is 8.33. The van der Waals surface area contributed by atoms with Gasteiger partial charge in [0.1, 0.15) is 11.5 Å². The Morgan fingerprint density at radius 3 is 2.68 bits per heavy atom. The third kappa shape index (κ3) is 3.06. The maximum Gasteiger partial charge on any atom is 0.155 e. The molecule has 0 radical (unpaired) electrons. The molecule has 0 atom stereocenters. The smallest absolute Gasteiger partial charge is 0.155 e. The topological polar surface area (TPSA) is 73.5 Å². The van der Waals surface area contributed by atoms with E-state index in [1.807, 2.05) is 18.5 Å². The molecule has 0 aliphatic carbocycles. The van der Waals surface area contributed by atoms with Crippen LogP contribution < -0.4 is 4.90 Å². The van der Waals surface area contributed by atoms with Crippen LogP contribution in [0.2, 0.25) is 0 Å². The van der Waals surface area contributed by atoms with E-state index in [-0.39, 0.29) is 0 Å². The molecule has 5 aromatic rings. The molecule has 6 rings (SSSR count). The molecule has 0 spiro atoms. The molecule has 31 heavy (non-hydrogen) atoms. The molecule has 0 unspecified atom stereocenters. The van der Waals surface area contributed by atoms with Crippen LogP contribution in [0.1, 0.15) is 24.8 Å². The van der Waals surface area contributed by atoms with Crippen molar-refractivity contribution < 1.29 is 0 Å². The van der Waals surface area contributed by atoms with Gasteiger partial charge in [-0.2, -0.15) is 5.10 Å². The van der Waals surface area contributed by atoms with Crippen molar-refractivity contribution in [1.82, 2.24) is 25.1 Å². The second kappa shape index (κ2) is 7.23. The lowest BCUT2D eigenvalue weighted by molar-refractivity contribution is 0.575. The highest BCUT2D eigenvalue weighted by atomic mass is 15.2. The van der Waals surface area contributed by atoms with Crippen LogP contribution in [-0.4, -0.2) is 38.2 Å². The molecule has 1 aliphatic heterocycles. The van der Waals surface area contributed by atoms with Crippen LogP contribution in [-0.2, 0) is 0 Å². The number of pyridine rings is 2. The maximum atomic E-state index is 4.72. The van der Waals surface area contributed by atoms with E-state index in [1.54, 1.807) is 0 Å². The number of aromatic nitrogens is 5. The summed E-state index contributed by atoms with van der Waals surface area (Å²) in [6, 6.07) is 14.8. The third-order valence-electron chi connectivity index (χ3n) is 6.31. The Labute approximate surface area is 180 Å². The van der Waals surface area contributed by atoms with Gasteiger partial charge in [0.25, 0.3) is 0 Å². The lowest BCUT2D eigenvalue weighted by Crippen LogP contribution is -2.30. The summed E-state index contributed by atoms with van der Waals surface area (Å²) in [5.41, 5.74) is 7.27. The zero-order valence-electron chi connectivity index (χ0n) is 17.5. The minimum absolute atomic E-state index is 0.792. The third-order valence-corrected chi connectivity index (χ3v) is 6.31. The fraction of sp³-hybridized carbons (Fsp3) is 0.240. The summed E-state index contributed by atoms with van der Waals surface area (Å²) in [5, 5.41) is 9.87. The number of aryl methyl sites for hydroxylation is 1. The van der Waals surface area contributed by atoms with Crippen molar-refractivity contribution >= 4 is 27.8 Å². The largest absolute Gasteiger partial charge is 0.356 e. The van der Waals surface area contributed by atoms with Gasteiger partial charge in [0, 0.05) is 41.8 Å². The molecule has 5 heterocycles. The molecule has 154 valence electrons. The van der Waals surface area contributed by atoms with Gasteiger partial charge < -0.3 is 9.88 Å². The fourth-order valence-corrected chi connectivity index (χ4v) is 4.68. The molecule has 0 amide bonds. The zero-order chi connectivity index (χ0) is 20.8. The van der Waals surface area contributed by atoms with Gasteiger partial charge in [-0.15, -0.1) is 0 Å². The predicted octanol–water partition coefficient (Wildman–Crippen LogP) is 5.47. The van der Waals surface area contributed by atoms with E-state index in [9.17, 15) is 0 Å². The second-order valence-corrected chi connectivity index (χ2v) is 8.33. The first-order chi connectivity index (χ1) is 15.3. The van der Waals surface area contributed by atoms with Crippen molar-refractivity contribution in [1.29, 1.82) is 0 Å². The number of nitrogens with one attached hydrogen (secondary N) is 2. The number of hydrogen-bond acceptors (Lipinski definition) is 4. The first kappa shape index (κ1) is 18.1. The molecule has 0 saturated carbocycles. The number of benzene rings is 1. The number of rotatable bonds is 3. The molecule has 1 aliphatic rings. The number of anilines is 1. The van der Waals surface area contributed by atoms with Crippen LogP contribution in [0.5, 0.6) is 0 Å². The van der Waals surface area contributed by atoms with Crippen molar-refractivity contribution in [3.63, 3.8) is 0 Å². The predicted molar refractivity (Wildman–Crippen MR) is 125 cm³/mol. The van der Waals surface area contributed by atoms with Gasteiger partial charge in [-0.05, 0) is 55.5 Å². The highest BCUT2D eigenvalue weighted by molar-refractivity contribution is 5.99. The van der Waals surface area contributed by atoms with Gasteiger partial charge in [-0.1, -0.05) is 24.3 Å². The summed E-state index contributed by atoms with van der Waals surface area (Å²) in [5.74, 6) is 1.07. The van der Waals surface area contributed by atoms with Crippen LogP contribution in [0.3, 0.4) is 0 Å². The summed E-state index contributed by atoms with van der Waals surface area (Å²) in [4.78, 5) is 15.3. The maximum absolute atomic E-state index is 4.72. The number of aromatic amines is 2. The SMILES string of the molecule is Cc1ccccc1-c1cnc2[nH]nc(-c3cc4c(N5CCCCC5)nccc4[nH]3)c2c1. The average molecular weight is 409 g/mol. The lowest BCUT2D eigenvalue weighted by atomic mass is 10.0. The number of nitrogens with zero attached hydrogens (tertiary/aromatic N) is 4. The Morgan fingerprint density at radius 2 is 1.81 bits per heavy atom. The van der Waals surface area contributed by atoms with Gasteiger partial charge >= 0.3 is 0 Å². The van der Waals surface area contributed by atoms with E-state index in [2.05, 4.69) is 68.4 Å². The van der Waals surface area contributed by atoms with Crippen LogP contribution in [0.15, 0.2) is 54.9 Å². The van der Waals surface area contributed by atoms with Gasteiger partial charge in [0.15, 0.2) is 5.65 Å². The van der Waals surface area contributed by atoms with Crippen LogP contribution in [0, 0.1) is 6.92 Å². The minimum atomic E-state index is 0.792. The molecule has 0 bridgehead atoms. The summed E-state index contributed by atoms with van der Waals surface area (Å²) in [6.07, 6.45) is 7.57. The average Bonchev–Trinajstić information content (AvgIpc) is 3.43. The van der Waals surface area contributed by atoms with Crippen molar-refractivity contribution in [2.75, 3.05) is 18.0 Å². The van der Waals surface area contributed by atoms with E-state index in [1.165, 1.54) is 30.4 Å². The van der Waals surface area contributed by atoms with Crippen molar-refractivity contribution in [3.05, 3.63) is 60.4 Å². The molecule has 6 nitrogen and oxygen atoms in total. The number of piperidine rings is 1. The number of H-pyrrole nitrogens is 2. The molecule has 4 aromatic heterocycles. The van der Waals surface area contributed by atoms with Crippen molar-refractivity contribution in [2.24, 2.45) is 0 Å². The first-order valence-electron chi connectivity index (χ1n) is 10.9. The first-order valence-corrected chi connectivity index (χ1v) is 10.9. The Kier molecular flexibility index (Phi) is 4.23. The molecule has 1 aromatic carbocycles. The Morgan fingerprint density at radius 1 is 0.935 bits per heavy atom. The molecule has 2 N–H and O–H groups in total. The molecule has 1 fully saturated rings. The van der Waals surface area contributed by atoms with E-state index in [4.69, 9.17) is 4.98 Å². The van der Waals surface area contributed by atoms with Crippen molar-refractivity contribution in [2.45, 2.75) is 26.2 Å². The molecular formula is C25H24N6. The molecule has 1 saturated heterocycles. The van der Waals surface area contributed by atoms with E-state index in [0.29, 0.717) is 0 Å². The highest BCUT2D eigenvalue weighted by Crippen LogP contribution is 2.34. The molecular weight excluding hydrogens is 384 g/mol. The van der Waals surface area contributed by atoms with E-state index < -0.39 is 0 Å². The minimum Gasteiger partial charge on any atom is -0.356 e.